The smallest absolute Gasteiger partial charge is 0.0340 e. The van der Waals surface area contributed by atoms with Crippen LogP contribution in [0.25, 0.3) is 0 Å². The lowest BCUT2D eigenvalue weighted by atomic mass is 9.81. The molecule has 0 fully saturated rings. The topological polar surface area (TPSA) is 38.0 Å². The second kappa shape index (κ2) is 5.17. The Morgan fingerprint density at radius 1 is 1.20 bits per heavy atom. The van der Waals surface area contributed by atoms with Gasteiger partial charge >= 0.3 is 0 Å². The minimum atomic E-state index is 0.260. The van der Waals surface area contributed by atoms with Crippen LogP contribution in [0.15, 0.2) is 30.3 Å². The van der Waals surface area contributed by atoms with Crippen LogP contribution in [0.5, 0.6) is 0 Å². The lowest BCUT2D eigenvalue weighted by Gasteiger charge is -2.30. The minimum absolute atomic E-state index is 0.260. The molecule has 0 aliphatic carbocycles. The molecule has 84 valence electrons. The predicted octanol–water partition coefficient (Wildman–Crippen LogP) is 2.72. The molecule has 0 spiro atoms. The summed E-state index contributed by atoms with van der Waals surface area (Å²) in [5.74, 6) is 0.498. The second-order valence-corrected chi connectivity index (χ2v) is 5.05. The molecule has 0 heterocycles. The first-order valence-electron chi connectivity index (χ1n) is 5.53. The molecule has 1 atom stereocenters. The second-order valence-electron chi connectivity index (χ2n) is 5.05. The van der Waals surface area contributed by atoms with Crippen molar-refractivity contribution in [3.8, 4) is 0 Å². The van der Waals surface area contributed by atoms with Crippen molar-refractivity contribution in [3.05, 3.63) is 30.3 Å². The molecule has 15 heavy (non-hydrogen) atoms. The quantitative estimate of drug-likeness (QED) is 0.795. The maximum atomic E-state index is 5.78. The van der Waals surface area contributed by atoms with E-state index in [1.54, 1.807) is 0 Å². The zero-order valence-corrected chi connectivity index (χ0v) is 9.96. The molecular formula is C13H22N2. The van der Waals surface area contributed by atoms with Crippen LogP contribution < -0.4 is 11.1 Å². The van der Waals surface area contributed by atoms with Crippen molar-refractivity contribution in [2.75, 3.05) is 18.4 Å². The highest BCUT2D eigenvalue weighted by Crippen LogP contribution is 2.25. The molecule has 0 aromatic heterocycles. The van der Waals surface area contributed by atoms with Crippen LogP contribution in [0.1, 0.15) is 20.8 Å². The van der Waals surface area contributed by atoms with Gasteiger partial charge in [0.1, 0.15) is 0 Å². The maximum absolute atomic E-state index is 5.78. The standard InChI is InChI=1S/C13H22N2/c1-13(2,3)11(9-14)10-15-12-7-5-4-6-8-12/h4-8,11,15H,9-10,14H2,1-3H3. The molecule has 1 aromatic rings. The van der Waals surface area contributed by atoms with Crippen molar-refractivity contribution in [3.63, 3.8) is 0 Å². The van der Waals surface area contributed by atoms with E-state index in [0.29, 0.717) is 5.92 Å². The molecule has 0 saturated carbocycles. The van der Waals surface area contributed by atoms with Crippen LogP contribution in [0.3, 0.4) is 0 Å². The van der Waals surface area contributed by atoms with Gasteiger partial charge in [-0.15, -0.1) is 0 Å². The zero-order chi connectivity index (χ0) is 11.3. The van der Waals surface area contributed by atoms with E-state index in [4.69, 9.17) is 5.73 Å². The molecule has 2 nitrogen and oxygen atoms in total. The van der Waals surface area contributed by atoms with Gasteiger partial charge in [0.05, 0.1) is 0 Å². The van der Waals surface area contributed by atoms with E-state index in [2.05, 4.69) is 38.2 Å². The van der Waals surface area contributed by atoms with Crippen molar-refractivity contribution in [2.45, 2.75) is 20.8 Å². The molecule has 1 unspecified atom stereocenters. The van der Waals surface area contributed by atoms with Crippen LogP contribution in [0.2, 0.25) is 0 Å². The van der Waals surface area contributed by atoms with Gasteiger partial charge in [0.2, 0.25) is 0 Å². The molecular weight excluding hydrogens is 184 g/mol. The summed E-state index contributed by atoms with van der Waals surface area (Å²) in [6.45, 7) is 8.36. The summed E-state index contributed by atoms with van der Waals surface area (Å²) in [7, 11) is 0. The van der Waals surface area contributed by atoms with Crippen LogP contribution in [0.4, 0.5) is 5.69 Å². The van der Waals surface area contributed by atoms with Gasteiger partial charge in [-0.3, -0.25) is 0 Å². The molecule has 0 aliphatic rings. The molecule has 0 saturated heterocycles. The van der Waals surface area contributed by atoms with Gasteiger partial charge in [-0.25, -0.2) is 0 Å². The van der Waals surface area contributed by atoms with E-state index >= 15 is 0 Å². The number of benzene rings is 1. The van der Waals surface area contributed by atoms with E-state index in [1.807, 2.05) is 18.2 Å². The molecule has 0 aliphatic heterocycles. The average molecular weight is 206 g/mol. The highest BCUT2D eigenvalue weighted by Gasteiger charge is 2.22. The van der Waals surface area contributed by atoms with Crippen LogP contribution >= 0.6 is 0 Å². The summed E-state index contributed by atoms with van der Waals surface area (Å²) >= 11 is 0. The van der Waals surface area contributed by atoms with Crippen LogP contribution in [-0.2, 0) is 0 Å². The minimum Gasteiger partial charge on any atom is -0.385 e. The first kappa shape index (κ1) is 12.1. The average Bonchev–Trinajstić information content (AvgIpc) is 2.18. The Hall–Kier alpha value is -1.02. The van der Waals surface area contributed by atoms with Gasteiger partial charge in [-0.2, -0.15) is 0 Å². The van der Waals surface area contributed by atoms with E-state index in [0.717, 1.165) is 13.1 Å². The van der Waals surface area contributed by atoms with Gasteiger partial charge in [0.15, 0.2) is 0 Å². The lowest BCUT2D eigenvalue weighted by Crippen LogP contribution is -2.33. The summed E-state index contributed by atoms with van der Waals surface area (Å²) < 4.78 is 0. The van der Waals surface area contributed by atoms with Crippen molar-refractivity contribution in [1.29, 1.82) is 0 Å². The third-order valence-corrected chi connectivity index (χ3v) is 2.84. The summed E-state index contributed by atoms with van der Waals surface area (Å²) in [6.07, 6.45) is 0. The van der Waals surface area contributed by atoms with Gasteiger partial charge in [-0.05, 0) is 30.0 Å². The van der Waals surface area contributed by atoms with Gasteiger partial charge in [0.25, 0.3) is 0 Å². The van der Waals surface area contributed by atoms with Crippen molar-refractivity contribution < 1.29 is 0 Å². The third kappa shape index (κ3) is 3.92. The molecule has 2 heteroatoms. The molecule has 0 radical (unpaired) electrons. The number of para-hydroxylation sites is 1. The number of hydrogen-bond donors (Lipinski definition) is 2. The van der Waals surface area contributed by atoms with Gasteiger partial charge < -0.3 is 11.1 Å². The third-order valence-electron chi connectivity index (χ3n) is 2.84. The number of anilines is 1. The largest absolute Gasteiger partial charge is 0.385 e. The van der Waals surface area contributed by atoms with E-state index in [-0.39, 0.29) is 5.41 Å². The zero-order valence-electron chi connectivity index (χ0n) is 9.96. The van der Waals surface area contributed by atoms with E-state index in [9.17, 15) is 0 Å². The fraction of sp³-hybridized carbons (Fsp3) is 0.538. The highest BCUT2D eigenvalue weighted by molar-refractivity contribution is 5.42. The Morgan fingerprint density at radius 2 is 1.80 bits per heavy atom. The normalized spacial score (nSPS) is 13.6. The van der Waals surface area contributed by atoms with Crippen molar-refractivity contribution >= 4 is 5.69 Å². The Bertz CT molecular complexity index is 274. The Morgan fingerprint density at radius 3 is 2.27 bits per heavy atom. The van der Waals surface area contributed by atoms with Gasteiger partial charge in [0, 0.05) is 12.2 Å². The fourth-order valence-electron chi connectivity index (χ4n) is 1.54. The SMILES string of the molecule is CC(C)(C)C(CN)CNc1ccccc1. The fourth-order valence-corrected chi connectivity index (χ4v) is 1.54. The maximum Gasteiger partial charge on any atom is 0.0340 e. The lowest BCUT2D eigenvalue weighted by molar-refractivity contribution is 0.260. The molecule has 1 rings (SSSR count). The van der Waals surface area contributed by atoms with Crippen molar-refractivity contribution in [2.24, 2.45) is 17.1 Å². The first-order chi connectivity index (χ1) is 7.04. The van der Waals surface area contributed by atoms with E-state index < -0.39 is 0 Å². The summed E-state index contributed by atoms with van der Waals surface area (Å²) in [5, 5.41) is 3.42. The predicted molar refractivity (Wildman–Crippen MR) is 66.9 cm³/mol. The number of nitrogens with two attached hydrogens (primary N) is 1. The molecule has 0 bridgehead atoms. The van der Waals surface area contributed by atoms with E-state index in [1.165, 1.54) is 5.69 Å². The number of nitrogens with one attached hydrogen (secondary N) is 1. The number of rotatable bonds is 4. The highest BCUT2D eigenvalue weighted by atomic mass is 14.9. The monoisotopic (exact) mass is 206 g/mol. The summed E-state index contributed by atoms with van der Waals surface area (Å²) in [5.41, 5.74) is 7.21. The van der Waals surface area contributed by atoms with Crippen LogP contribution in [0, 0.1) is 11.3 Å². The van der Waals surface area contributed by atoms with Crippen LogP contribution in [-0.4, -0.2) is 13.1 Å². The molecule has 1 aromatic carbocycles. The first-order valence-corrected chi connectivity index (χ1v) is 5.53. The molecule has 3 N–H and O–H groups in total. The Balaban J connectivity index is 2.49. The Labute approximate surface area is 92.9 Å². The van der Waals surface area contributed by atoms with Crippen molar-refractivity contribution in [1.82, 2.24) is 0 Å². The van der Waals surface area contributed by atoms with Gasteiger partial charge in [-0.1, -0.05) is 39.0 Å². The summed E-state index contributed by atoms with van der Waals surface area (Å²) in [4.78, 5) is 0. The molecule has 0 amide bonds. The summed E-state index contributed by atoms with van der Waals surface area (Å²) in [6, 6.07) is 10.3. The Kier molecular flexibility index (Phi) is 4.15. The number of hydrogen-bond acceptors (Lipinski definition) is 2.